The van der Waals surface area contributed by atoms with E-state index in [1.807, 2.05) is 32.0 Å². The molecule has 0 radical (unpaired) electrons. The van der Waals surface area contributed by atoms with Crippen LogP contribution >= 0.6 is 0 Å². The lowest BCUT2D eigenvalue weighted by Gasteiger charge is -2.16. The van der Waals surface area contributed by atoms with E-state index in [1.165, 1.54) is 11.8 Å². The Morgan fingerprint density at radius 3 is 2.20 bits per heavy atom. The summed E-state index contributed by atoms with van der Waals surface area (Å²) in [6, 6.07) is 16.0. The lowest BCUT2D eigenvalue weighted by Crippen LogP contribution is -2.35. The Bertz CT molecular complexity index is 966. The topological polar surface area (TPSA) is 87.7 Å². The van der Waals surface area contributed by atoms with E-state index < -0.39 is 5.91 Å². The molecular formula is C23H25N3O4. The van der Waals surface area contributed by atoms with E-state index >= 15 is 0 Å². The van der Waals surface area contributed by atoms with Crippen LogP contribution in [0.25, 0.3) is 5.57 Å². The van der Waals surface area contributed by atoms with Crippen LogP contribution in [0.2, 0.25) is 0 Å². The van der Waals surface area contributed by atoms with Crippen LogP contribution in [0.4, 0.5) is 11.4 Å². The smallest absolute Gasteiger partial charge is 0.278 e. The zero-order chi connectivity index (χ0) is 21.7. The van der Waals surface area contributed by atoms with Gasteiger partial charge in [-0.25, -0.2) is 0 Å². The highest BCUT2D eigenvalue weighted by Crippen LogP contribution is 2.30. The van der Waals surface area contributed by atoms with Gasteiger partial charge in [-0.1, -0.05) is 30.3 Å². The summed E-state index contributed by atoms with van der Waals surface area (Å²) in [6.45, 7) is 5.69. The van der Waals surface area contributed by atoms with Crippen molar-refractivity contribution in [1.82, 2.24) is 4.90 Å². The molecular weight excluding hydrogens is 382 g/mol. The summed E-state index contributed by atoms with van der Waals surface area (Å²) in [5, 5.41) is 5.79. The Labute approximate surface area is 175 Å². The first kappa shape index (κ1) is 21.3. The largest absolute Gasteiger partial charge is 0.377 e. The van der Waals surface area contributed by atoms with Gasteiger partial charge >= 0.3 is 0 Å². The molecule has 0 saturated heterocycles. The first-order valence-corrected chi connectivity index (χ1v) is 9.79. The van der Waals surface area contributed by atoms with Crippen LogP contribution in [0.3, 0.4) is 0 Å². The summed E-state index contributed by atoms with van der Waals surface area (Å²) in [4.78, 5) is 38.5. The summed E-state index contributed by atoms with van der Waals surface area (Å²) in [5.74, 6) is -0.909. The molecule has 1 heterocycles. The summed E-state index contributed by atoms with van der Waals surface area (Å²) in [6.07, 6.45) is 0.0130. The maximum absolute atomic E-state index is 13.1. The lowest BCUT2D eigenvalue weighted by atomic mass is 10.0. The van der Waals surface area contributed by atoms with Crippen molar-refractivity contribution in [1.29, 1.82) is 0 Å². The molecule has 0 saturated carbocycles. The maximum Gasteiger partial charge on any atom is 0.278 e. The average Bonchev–Trinajstić information content (AvgIpc) is 2.93. The van der Waals surface area contributed by atoms with Crippen LogP contribution < -0.4 is 10.6 Å². The van der Waals surface area contributed by atoms with Gasteiger partial charge in [-0.15, -0.1) is 0 Å². The molecule has 0 unspecified atom stereocenters. The fraction of sp³-hybridized carbons (Fsp3) is 0.261. The summed E-state index contributed by atoms with van der Waals surface area (Å²) in [5.41, 5.74) is 2.50. The fourth-order valence-corrected chi connectivity index (χ4v) is 3.13. The third-order valence-corrected chi connectivity index (χ3v) is 4.47. The lowest BCUT2D eigenvalue weighted by molar-refractivity contribution is -0.138. The van der Waals surface area contributed by atoms with E-state index in [-0.39, 0.29) is 36.8 Å². The first-order valence-electron chi connectivity index (χ1n) is 9.79. The number of benzene rings is 2. The molecule has 1 aliphatic heterocycles. The van der Waals surface area contributed by atoms with Gasteiger partial charge in [0, 0.05) is 18.3 Å². The molecule has 156 valence electrons. The molecule has 0 bridgehead atoms. The quantitative estimate of drug-likeness (QED) is 0.656. The SMILES string of the molecule is CC(=O)Nc1ccc(NC2=C(c3ccccc3)C(=O)N(CCOC(C)C)C2=O)cc1. The fourth-order valence-electron chi connectivity index (χ4n) is 3.13. The minimum absolute atomic E-state index is 0.0130. The normalized spacial score (nSPS) is 13.9. The van der Waals surface area contributed by atoms with Gasteiger partial charge in [0.1, 0.15) is 5.70 Å². The molecule has 3 amide bonds. The molecule has 1 aliphatic rings. The second-order valence-corrected chi connectivity index (χ2v) is 7.18. The van der Waals surface area contributed by atoms with Gasteiger partial charge in [-0.3, -0.25) is 19.3 Å². The number of nitrogens with one attached hydrogen (secondary N) is 2. The number of nitrogens with zero attached hydrogens (tertiary/aromatic N) is 1. The molecule has 30 heavy (non-hydrogen) atoms. The Hall–Kier alpha value is -3.45. The number of carbonyl (C=O) groups excluding carboxylic acids is 3. The highest BCUT2D eigenvalue weighted by molar-refractivity contribution is 6.36. The van der Waals surface area contributed by atoms with Crippen molar-refractivity contribution in [2.45, 2.75) is 26.9 Å². The molecule has 7 heteroatoms. The van der Waals surface area contributed by atoms with Crippen LogP contribution in [-0.2, 0) is 19.1 Å². The molecule has 2 N–H and O–H groups in total. The van der Waals surface area contributed by atoms with E-state index in [9.17, 15) is 14.4 Å². The van der Waals surface area contributed by atoms with Crippen LogP contribution in [-0.4, -0.2) is 41.9 Å². The highest BCUT2D eigenvalue weighted by atomic mass is 16.5. The van der Waals surface area contributed by atoms with Gasteiger partial charge < -0.3 is 15.4 Å². The molecule has 3 rings (SSSR count). The Morgan fingerprint density at radius 1 is 0.967 bits per heavy atom. The van der Waals surface area contributed by atoms with Crippen molar-refractivity contribution in [2.24, 2.45) is 0 Å². The Balaban J connectivity index is 1.88. The Kier molecular flexibility index (Phi) is 6.64. The zero-order valence-electron chi connectivity index (χ0n) is 17.3. The van der Waals surface area contributed by atoms with Crippen molar-refractivity contribution in [3.63, 3.8) is 0 Å². The minimum atomic E-state index is -0.392. The summed E-state index contributed by atoms with van der Waals surface area (Å²) in [7, 11) is 0. The number of amides is 3. The van der Waals surface area contributed by atoms with Crippen molar-refractivity contribution >= 4 is 34.7 Å². The van der Waals surface area contributed by atoms with Crippen LogP contribution in [0, 0.1) is 0 Å². The molecule has 7 nitrogen and oxygen atoms in total. The predicted octanol–water partition coefficient (Wildman–Crippen LogP) is 3.26. The van der Waals surface area contributed by atoms with Crippen LogP contribution in [0.15, 0.2) is 60.3 Å². The number of imide groups is 1. The minimum Gasteiger partial charge on any atom is -0.377 e. The van der Waals surface area contributed by atoms with Gasteiger partial charge in [-0.2, -0.15) is 0 Å². The molecule has 2 aromatic rings. The second kappa shape index (κ2) is 9.37. The van der Waals surface area contributed by atoms with Gasteiger partial charge in [0.15, 0.2) is 0 Å². The van der Waals surface area contributed by atoms with Crippen molar-refractivity contribution in [2.75, 3.05) is 23.8 Å². The van der Waals surface area contributed by atoms with E-state index in [4.69, 9.17) is 4.74 Å². The van der Waals surface area contributed by atoms with E-state index in [1.54, 1.807) is 36.4 Å². The maximum atomic E-state index is 13.1. The summed E-state index contributed by atoms with van der Waals surface area (Å²) < 4.78 is 5.52. The van der Waals surface area contributed by atoms with E-state index in [0.717, 1.165) is 0 Å². The van der Waals surface area contributed by atoms with Gasteiger partial charge in [0.05, 0.1) is 24.8 Å². The molecule has 0 aliphatic carbocycles. The monoisotopic (exact) mass is 407 g/mol. The highest BCUT2D eigenvalue weighted by Gasteiger charge is 2.38. The molecule has 2 aromatic carbocycles. The molecule has 0 atom stereocenters. The second-order valence-electron chi connectivity index (χ2n) is 7.18. The van der Waals surface area contributed by atoms with E-state index in [2.05, 4.69) is 10.6 Å². The van der Waals surface area contributed by atoms with Crippen molar-refractivity contribution in [3.8, 4) is 0 Å². The Morgan fingerprint density at radius 2 is 1.60 bits per heavy atom. The molecule has 0 fully saturated rings. The molecule has 0 spiro atoms. The van der Waals surface area contributed by atoms with Crippen molar-refractivity contribution < 1.29 is 19.1 Å². The average molecular weight is 407 g/mol. The number of carbonyl (C=O) groups is 3. The number of anilines is 2. The number of hydrogen-bond donors (Lipinski definition) is 2. The van der Waals surface area contributed by atoms with Gasteiger partial charge in [0.25, 0.3) is 11.8 Å². The van der Waals surface area contributed by atoms with E-state index in [0.29, 0.717) is 22.5 Å². The molecule has 0 aromatic heterocycles. The number of rotatable bonds is 8. The van der Waals surface area contributed by atoms with Crippen LogP contribution in [0.1, 0.15) is 26.3 Å². The zero-order valence-corrected chi connectivity index (χ0v) is 17.3. The summed E-state index contributed by atoms with van der Waals surface area (Å²) >= 11 is 0. The van der Waals surface area contributed by atoms with Gasteiger partial charge in [0.2, 0.25) is 5.91 Å². The third-order valence-electron chi connectivity index (χ3n) is 4.47. The number of ether oxygens (including phenoxy) is 1. The number of hydrogen-bond acceptors (Lipinski definition) is 5. The first-order chi connectivity index (χ1) is 14.4. The van der Waals surface area contributed by atoms with Crippen molar-refractivity contribution in [3.05, 3.63) is 65.9 Å². The third kappa shape index (κ3) is 4.93. The van der Waals surface area contributed by atoms with Crippen LogP contribution in [0.5, 0.6) is 0 Å². The van der Waals surface area contributed by atoms with Gasteiger partial charge in [-0.05, 0) is 43.7 Å². The standard InChI is InChI=1S/C23H25N3O4/c1-15(2)30-14-13-26-22(28)20(17-7-5-4-6-8-17)21(23(26)29)25-19-11-9-18(10-12-19)24-16(3)27/h4-12,15,25H,13-14H2,1-3H3,(H,24,27). The predicted molar refractivity (Wildman–Crippen MR) is 116 cm³/mol.